The van der Waals surface area contributed by atoms with Crippen LogP contribution in [0.15, 0.2) is 18.2 Å². The monoisotopic (exact) mass is 296 g/mol. The number of hydrogen-bond acceptors (Lipinski definition) is 3. The summed E-state index contributed by atoms with van der Waals surface area (Å²) in [5, 5.41) is 5.85. The highest BCUT2D eigenvalue weighted by atomic mass is 35.5. The molecule has 5 nitrogen and oxygen atoms in total. The van der Waals surface area contributed by atoms with Gasteiger partial charge >= 0.3 is 0 Å². The topological polar surface area (TPSA) is 67.4 Å². The van der Waals surface area contributed by atoms with Crippen LogP contribution >= 0.6 is 11.6 Å². The second-order valence-corrected chi connectivity index (χ2v) is 5.77. The minimum atomic E-state index is -1.57. The van der Waals surface area contributed by atoms with Crippen LogP contribution in [0.4, 0.5) is 5.69 Å². The van der Waals surface area contributed by atoms with Gasteiger partial charge in [0.1, 0.15) is 5.75 Å². The van der Waals surface area contributed by atoms with E-state index in [1.165, 1.54) is 6.92 Å². The molecule has 6 heteroatoms. The van der Waals surface area contributed by atoms with Gasteiger partial charge in [-0.2, -0.15) is 0 Å². The summed E-state index contributed by atoms with van der Waals surface area (Å²) in [5.74, 6) is -0.241. The van der Waals surface area contributed by atoms with Gasteiger partial charge in [0.05, 0.1) is 5.69 Å². The summed E-state index contributed by atoms with van der Waals surface area (Å²) in [6, 6.07) is 4.86. The minimum absolute atomic E-state index is 0.292. The molecule has 1 unspecified atom stereocenters. The predicted molar refractivity (Wildman–Crippen MR) is 77.0 cm³/mol. The first kappa shape index (κ1) is 14.7. The lowest BCUT2D eigenvalue weighted by Gasteiger charge is -2.33. The maximum absolute atomic E-state index is 12.2. The number of rotatable bonds is 3. The molecule has 0 radical (unpaired) electrons. The fourth-order valence-electron chi connectivity index (χ4n) is 1.81. The number of anilines is 1. The van der Waals surface area contributed by atoms with E-state index in [1.807, 2.05) is 13.8 Å². The molecular formula is C14H17ClN2O3. The maximum Gasteiger partial charge on any atom is 0.278 e. The van der Waals surface area contributed by atoms with Crippen LogP contribution in [0.25, 0.3) is 0 Å². The van der Waals surface area contributed by atoms with Gasteiger partial charge in [0.25, 0.3) is 17.4 Å². The van der Waals surface area contributed by atoms with Crippen molar-refractivity contribution in [3.8, 4) is 5.75 Å². The first-order valence-electron chi connectivity index (χ1n) is 6.41. The number of amides is 2. The number of halogens is 1. The number of carbonyl (C=O) groups excluding carboxylic acids is 2. The van der Waals surface area contributed by atoms with Crippen LogP contribution in [-0.2, 0) is 9.59 Å². The summed E-state index contributed by atoms with van der Waals surface area (Å²) in [5.41, 5.74) is -1.10. The molecule has 1 aliphatic heterocycles. The van der Waals surface area contributed by atoms with E-state index < -0.39 is 17.4 Å². The zero-order valence-electron chi connectivity index (χ0n) is 11.6. The van der Waals surface area contributed by atoms with Crippen LogP contribution in [0, 0.1) is 5.92 Å². The van der Waals surface area contributed by atoms with E-state index in [0.717, 1.165) is 0 Å². The van der Waals surface area contributed by atoms with Crippen LogP contribution < -0.4 is 15.4 Å². The molecule has 2 N–H and O–H groups in total. The average molecular weight is 297 g/mol. The highest BCUT2D eigenvalue weighted by molar-refractivity contribution is 6.31. The Balaban J connectivity index is 2.23. The molecular weight excluding hydrogens is 280 g/mol. The van der Waals surface area contributed by atoms with Crippen LogP contribution in [0.5, 0.6) is 5.75 Å². The van der Waals surface area contributed by atoms with Crippen molar-refractivity contribution in [3.63, 3.8) is 0 Å². The van der Waals surface area contributed by atoms with Crippen molar-refractivity contribution in [1.29, 1.82) is 0 Å². The van der Waals surface area contributed by atoms with E-state index >= 15 is 0 Å². The molecule has 0 saturated heterocycles. The largest absolute Gasteiger partial charge is 0.466 e. The minimum Gasteiger partial charge on any atom is -0.466 e. The molecule has 0 saturated carbocycles. The van der Waals surface area contributed by atoms with Crippen molar-refractivity contribution in [1.82, 2.24) is 5.32 Å². The first-order chi connectivity index (χ1) is 9.33. The quantitative estimate of drug-likeness (QED) is 0.840. The predicted octanol–water partition coefficient (Wildman–Crippen LogP) is 2.20. The van der Waals surface area contributed by atoms with Gasteiger partial charge in [-0.25, -0.2) is 0 Å². The Morgan fingerprint density at radius 3 is 2.85 bits per heavy atom. The van der Waals surface area contributed by atoms with Crippen LogP contribution in [0.1, 0.15) is 20.8 Å². The molecule has 0 bridgehead atoms. The summed E-state index contributed by atoms with van der Waals surface area (Å²) in [4.78, 5) is 24.3. The van der Waals surface area contributed by atoms with Crippen molar-refractivity contribution in [2.45, 2.75) is 26.4 Å². The lowest BCUT2D eigenvalue weighted by Crippen LogP contribution is -2.59. The van der Waals surface area contributed by atoms with Gasteiger partial charge in [-0.1, -0.05) is 25.4 Å². The van der Waals surface area contributed by atoms with Gasteiger partial charge in [0.15, 0.2) is 0 Å². The van der Waals surface area contributed by atoms with E-state index in [-0.39, 0.29) is 0 Å². The zero-order chi connectivity index (χ0) is 14.9. The van der Waals surface area contributed by atoms with Gasteiger partial charge < -0.3 is 15.4 Å². The van der Waals surface area contributed by atoms with Crippen molar-refractivity contribution < 1.29 is 14.3 Å². The summed E-state index contributed by atoms with van der Waals surface area (Å²) >= 11 is 5.86. The molecule has 1 aliphatic rings. The number of fused-ring (bicyclic) bond motifs is 1. The average Bonchev–Trinajstić information content (AvgIpc) is 2.37. The van der Waals surface area contributed by atoms with E-state index in [1.54, 1.807) is 18.2 Å². The Labute approximate surface area is 122 Å². The third-order valence-corrected chi connectivity index (χ3v) is 3.28. The van der Waals surface area contributed by atoms with E-state index in [4.69, 9.17) is 16.3 Å². The van der Waals surface area contributed by atoms with E-state index in [0.29, 0.717) is 28.9 Å². The Bertz CT molecular complexity index is 559. The van der Waals surface area contributed by atoms with Crippen molar-refractivity contribution in [2.75, 3.05) is 11.9 Å². The van der Waals surface area contributed by atoms with Crippen molar-refractivity contribution in [2.24, 2.45) is 5.92 Å². The summed E-state index contributed by atoms with van der Waals surface area (Å²) in [6.07, 6.45) is 0. The molecule has 2 rings (SSSR count). The first-order valence-corrected chi connectivity index (χ1v) is 6.79. The Morgan fingerprint density at radius 2 is 2.20 bits per heavy atom. The molecule has 2 amide bonds. The second-order valence-electron chi connectivity index (χ2n) is 5.33. The van der Waals surface area contributed by atoms with Crippen LogP contribution in [-0.4, -0.2) is 24.0 Å². The summed E-state index contributed by atoms with van der Waals surface area (Å²) in [7, 11) is 0. The van der Waals surface area contributed by atoms with E-state index in [9.17, 15) is 9.59 Å². The smallest absolute Gasteiger partial charge is 0.278 e. The molecule has 108 valence electrons. The van der Waals surface area contributed by atoms with Crippen molar-refractivity contribution >= 4 is 29.1 Å². The molecule has 0 aliphatic carbocycles. The second kappa shape index (κ2) is 5.32. The number of nitrogens with one attached hydrogen (secondary N) is 2. The van der Waals surface area contributed by atoms with Gasteiger partial charge in [-0.05, 0) is 31.0 Å². The van der Waals surface area contributed by atoms with Gasteiger partial charge in [0.2, 0.25) is 0 Å². The third kappa shape index (κ3) is 2.72. The summed E-state index contributed by atoms with van der Waals surface area (Å²) < 4.78 is 5.60. The molecule has 0 fully saturated rings. The zero-order valence-corrected chi connectivity index (χ0v) is 12.4. The number of hydrogen-bond donors (Lipinski definition) is 2. The highest BCUT2D eigenvalue weighted by Gasteiger charge is 2.47. The molecule has 1 aromatic carbocycles. The van der Waals surface area contributed by atoms with Gasteiger partial charge in [-0.3, -0.25) is 9.59 Å². The molecule has 0 aromatic heterocycles. The SMILES string of the molecule is CC(C)CNC(=O)C1(C)Oc2ccc(Cl)cc2NC1=O. The normalized spacial score (nSPS) is 20.9. The fraction of sp³-hybridized carbons (Fsp3) is 0.429. The number of ether oxygens (including phenoxy) is 1. The fourth-order valence-corrected chi connectivity index (χ4v) is 1.98. The van der Waals surface area contributed by atoms with Crippen LogP contribution in [0.3, 0.4) is 0 Å². The molecule has 20 heavy (non-hydrogen) atoms. The van der Waals surface area contributed by atoms with Gasteiger partial charge in [0, 0.05) is 11.6 Å². The molecule has 0 spiro atoms. The standard InChI is InChI=1S/C14H17ClN2O3/c1-8(2)7-16-12(18)14(3)13(19)17-10-6-9(15)4-5-11(10)20-14/h4-6,8H,7H2,1-3H3,(H,16,18)(H,17,19). The molecule has 1 heterocycles. The Morgan fingerprint density at radius 1 is 1.50 bits per heavy atom. The van der Waals surface area contributed by atoms with Gasteiger partial charge in [-0.15, -0.1) is 0 Å². The number of benzene rings is 1. The lowest BCUT2D eigenvalue weighted by atomic mass is 10.0. The summed E-state index contributed by atoms with van der Waals surface area (Å²) in [6.45, 7) is 5.89. The Kier molecular flexibility index (Phi) is 3.90. The maximum atomic E-state index is 12.2. The number of carbonyl (C=O) groups is 2. The molecule has 1 atom stereocenters. The third-order valence-electron chi connectivity index (χ3n) is 3.04. The lowest BCUT2D eigenvalue weighted by molar-refractivity contribution is -0.146. The van der Waals surface area contributed by atoms with E-state index in [2.05, 4.69) is 10.6 Å². The van der Waals surface area contributed by atoms with Crippen molar-refractivity contribution in [3.05, 3.63) is 23.2 Å². The molecule has 1 aromatic rings. The highest BCUT2D eigenvalue weighted by Crippen LogP contribution is 2.35. The van der Waals surface area contributed by atoms with Crippen LogP contribution in [0.2, 0.25) is 5.02 Å². The Hall–Kier alpha value is -1.75.